The molecular formula is C22H18N6O3S. The number of amides is 2. The molecule has 0 saturated heterocycles. The Balaban J connectivity index is 1.90. The van der Waals surface area contributed by atoms with Crippen LogP contribution in [-0.2, 0) is 0 Å². The number of aromatic nitrogens is 2. The number of nitrogens with two attached hydrogens (primary N) is 1. The molecule has 0 saturated carbocycles. The number of azo groups is 1. The maximum Gasteiger partial charge on any atom is 0.254 e. The van der Waals surface area contributed by atoms with Gasteiger partial charge in [-0.1, -0.05) is 12.1 Å². The first-order valence-electron chi connectivity index (χ1n) is 9.51. The van der Waals surface area contributed by atoms with E-state index in [9.17, 15) is 14.7 Å². The predicted octanol–water partition coefficient (Wildman–Crippen LogP) is 4.25. The number of nitrogens with zero attached hydrogens (tertiary/aromatic N) is 4. The van der Waals surface area contributed by atoms with E-state index in [1.165, 1.54) is 19.2 Å². The zero-order valence-electron chi connectivity index (χ0n) is 17.2. The number of pyridine rings is 1. The smallest absolute Gasteiger partial charge is 0.254 e. The van der Waals surface area contributed by atoms with Crippen molar-refractivity contribution in [3.63, 3.8) is 0 Å². The summed E-state index contributed by atoms with van der Waals surface area (Å²) in [6, 6.07) is 11.7. The van der Waals surface area contributed by atoms with Crippen LogP contribution in [-0.4, -0.2) is 33.3 Å². The number of rotatable bonds is 5. The van der Waals surface area contributed by atoms with Gasteiger partial charge in [0.1, 0.15) is 5.69 Å². The van der Waals surface area contributed by atoms with Crippen LogP contribution in [0, 0.1) is 6.92 Å². The van der Waals surface area contributed by atoms with Crippen LogP contribution in [0.4, 0.5) is 10.7 Å². The maximum absolute atomic E-state index is 12.3. The van der Waals surface area contributed by atoms with Gasteiger partial charge in [0.25, 0.3) is 5.91 Å². The van der Waals surface area contributed by atoms with E-state index in [-0.39, 0.29) is 22.6 Å². The number of nitrogens with one attached hydrogen (secondary N) is 1. The molecule has 0 spiro atoms. The molecular weight excluding hydrogens is 428 g/mol. The van der Waals surface area contributed by atoms with Crippen LogP contribution in [0.25, 0.3) is 22.0 Å². The highest BCUT2D eigenvalue weighted by Crippen LogP contribution is 2.42. The van der Waals surface area contributed by atoms with Crippen LogP contribution in [0.1, 0.15) is 26.4 Å². The fraction of sp³-hybridized carbons (Fsp3) is 0.0909. The average Bonchev–Trinajstić information content (AvgIpc) is 3.17. The van der Waals surface area contributed by atoms with Gasteiger partial charge in [-0.05, 0) is 54.2 Å². The Kier molecular flexibility index (Phi) is 5.61. The molecule has 4 N–H and O–H groups in total. The molecule has 0 atom stereocenters. The Hall–Kier alpha value is -4.18. The highest BCUT2D eigenvalue weighted by molar-refractivity contribution is 7.10. The predicted molar refractivity (Wildman–Crippen MR) is 122 cm³/mol. The van der Waals surface area contributed by atoms with E-state index in [0.717, 1.165) is 22.8 Å². The number of hydrogen-bond acceptors (Lipinski definition) is 8. The molecule has 0 fully saturated rings. The summed E-state index contributed by atoms with van der Waals surface area (Å²) in [6.07, 6.45) is 1.68. The fourth-order valence-electron chi connectivity index (χ4n) is 3.27. The van der Waals surface area contributed by atoms with Gasteiger partial charge in [0.2, 0.25) is 5.91 Å². The largest absolute Gasteiger partial charge is 0.505 e. The van der Waals surface area contributed by atoms with Crippen molar-refractivity contribution in [3.8, 4) is 17.0 Å². The molecule has 4 aromatic rings. The first kappa shape index (κ1) is 21.1. The SMILES string of the molecule is CNC(=O)c1cc2cc(C(N)=O)ccc2c(N=Nc2snc(C)c2-c2ccccn2)c1O. The van der Waals surface area contributed by atoms with E-state index in [1.807, 2.05) is 25.1 Å². The van der Waals surface area contributed by atoms with E-state index < -0.39 is 11.8 Å². The van der Waals surface area contributed by atoms with Crippen LogP contribution in [0.15, 0.2) is 58.9 Å². The topological polar surface area (TPSA) is 143 Å². The minimum absolute atomic E-state index is 0.000931. The van der Waals surface area contributed by atoms with Gasteiger partial charge >= 0.3 is 0 Å². The monoisotopic (exact) mass is 446 g/mol. The van der Waals surface area contributed by atoms with E-state index in [1.54, 1.807) is 18.3 Å². The molecule has 32 heavy (non-hydrogen) atoms. The summed E-state index contributed by atoms with van der Waals surface area (Å²) in [5.41, 5.74) is 7.94. The number of aromatic hydroxyl groups is 1. The van der Waals surface area contributed by atoms with Crippen molar-refractivity contribution in [3.05, 3.63) is 65.5 Å². The Labute approximate surface area is 186 Å². The molecule has 0 aliphatic heterocycles. The van der Waals surface area contributed by atoms with Crippen molar-refractivity contribution in [1.82, 2.24) is 14.7 Å². The van der Waals surface area contributed by atoms with E-state index >= 15 is 0 Å². The third-order valence-electron chi connectivity index (χ3n) is 4.85. The van der Waals surface area contributed by atoms with Gasteiger partial charge in [0, 0.05) is 24.2 Å². The van der Waals surface area contributed by atoms with Gasteiger partial charge < -0.3 is 16.2 Å². The lowest BCUT2D eigenvalue weighted by Gasteiger charge is -2.10. The summed E-state index contributed by atoms with van der Waals surface area (Å²) in [6.45, 7) is 1.85. The summed E-state index contributed by atoms with van der Waals surface area (Å²) in [5, 5.41) is 23.4. The van der Waals surface area contributed by atoms with E-state index in [4.69, 9.17) is 5.73 Å². The average molecular weight is 446 g/mol. The van der Waals surface area contributed by atoms with Crippen molar-refractivity contribution in [2.45, 2.75) is 6.92 Å². The number of benzene rings is 2. The van der Waals surface area contributed by atoms with Crippen molar-refractivity contribution in [2.24, 2.45) is 16.0 Å². The number of primary amides is 1. The second kappa shape index (κ2) is 8.52. The van der Waals surface area contributed by atoms with Gasteiger partial charge in [0.05, 0.1) is 22.5 Å². The summed E-state index contributed by atoms with van der Waals surface area (Å²) in [4.78, 5) is 28.3. The fourth-order valence-corrected chi connectivity index (χ4v) is 4.00. The minimum atomic E-state index is -0.607. The molecule has 2 aromatic carbocycles. The lowest BCUT2D eigenvalue weighted by Crippen LogP contribution is -2.18. The number of carbonyl (C=O) groups excluding carboxylic acids is 2. The number of hydrogen-bond donors (Lipinski definition) is 3. The van der Waals surface area contributed by atoms with Crippen LogP contribution >= 0.6 is 11.5 Å². The Morgan fingerprint density at radius 1 is 1.16 bits per heavy atom. The summed E-state index contributed by atoms with van der Waals surface area (Å²) in [7, 11) is 1.45. The van der Waals surface area contributed by atoms with Crippen LogP contribution in [0.2, 0.25) is 0 Å². The normalized spacial score (nSPS) is 11.2. The second-order valence-electron chi connectivity index (χ2n) is 6.86. The van der Waals surface area contributed by atoms with Crippen LogP contribution in [0.5, 0.6) is 5.75 Å². The zero-order chi connectivity index (χ0) is 22.8. The Morgan fingerprint density at radius 3 is 2.66 bits per heavy atom. The molecule has 0 radical (unpaired) electrons. The van der Waals surface area contributed by atoms with Gasteiger partial charge in [-0.2, -0.15) is 4.37 Å². The van der Waals surface area contributed by atoms with Gasteiger partial charge in [0.15, 0.2) is 10.8 Å². The van der Waals surface area contributed by atoms with Crippen molar-refractivity contribution >= 4 is 44.8 Å². The highest BCUT2D eigenvalue weighted by Gasteiger charge is 2.19. The lowest BCUT2D eigenvalue weighted by atomic mass is 10.0. The third kappa shape index (κ3) is 3.79. The lowest BCUT2D eigenvalue weighted by molar-refractivity contribution is 0.0959. The molecule has 2 aromatic heterocycles. The zero-order valence-corrected chi connectivity index (χ0v) is 18.0. The molecule has 0 aliphatic carbocycles. The van der Waals surface area contributed by atoms with Crippen molar-refractivity contribution in [2.75, 3.05) is 7.05 Å². The molecule has 2 heterocycles. The number of aryl methyl sites for hydroxylation is 1. The standard InChI is InChI=1S/C22H18N6O3S/c1-11-17(16-5-3-4-8-25-16)22(32-28-11)27-26-18-14-7-6-12(20(23)30)9-13(14)10-15(19(18)29)21(31)24-2/h3-10,29H,1-2H3,(H2,23,30)(H,24,31). The van der Waals surface area contributed by atoms with Crippen molar-refractivity contribution < 1.29 is 14.7 Å². The number of carbonyl (C=O) groups is 2. The molecule has 9 nitrogen and oxygen atoms in total. The molecule has 0 aliphatic rings. The molecule has 160 valence electrons. The number of phenolic OH excluding ortho intramolecular Hbond substituents is 1. The van der Waals surface area contributed by atoms with Crippen LogP contribution in [0.3, 0.4) is 0 Å². The summed E-state index contributed by atoms with van der Waals surface area (Å²) in [5.74, 6) is -1.44. The quantitative estimate of drug-likeness (QED) is 0.393. The molecule has 10 heteroatoms. The van der Waals surface area contributed by atoms with Crippen LogP contribution < -0.4 is 11.1 Å². The molecule has 0 bridgehead atoms. The first-order chi connectivity index (χ1) is 15.4. The van der Waals surface area contributed by atoms with Gasteiger partial charge in [-0.3, -0.25) is 14.6 Å². The number of fused-ring (bicyclic) bond motifs is 1. The summed E-state index contributed by atoms with van der Waals surface area (Å²) < 4.78 is 4.35. The van der Waals surface area contributed by atoms with Crippen molar-refractivity contribution in [1.29, 1.82) is 0 Å². The number of phenols is 1. The van der Waals surface area contributed by atoms with Gasteiger partial charge in [-0.15, -0.1) is 10.2 Å². The first-order valence-corrected chi connectivity index (χ1v) is 10.3. The Morgan fingerprint density at radius 2 is 1.97 bits per heavy atom. The molecule has 2 amide bonds. The third-order valence-corrected chi connectivity index (χ3v) is 5.67. The maximum atomic E-state index is 12.3. The van der Waals surface area contributed by atoms with Gasteiger partial charge in [-0.25, -0.2) is 0 Å². The van der Waals surface area contributed by atoms with E-state index in [2.05, 4.69) is 24.9 Å². The Bertz CT molecular complexity index is 1380. The minimum Gasteiger partial charge on any atom is -0.505 e. The molecule has 0 unspecified atom stereocenters. The highest BCUT2D eigenvalue weighted by atomic mass is 32.1. The summed E-state index contributed by atoms with van der Waals surface area (Å²) >= 11 is 1.15. The molecule has 4 rings (SSSR count). The second-order valence-corrected chi connectivity index (χ2v) is 7.62. The van der Waals surface area contributed by atoms with E-state index in [0.29, 0.717) is 21.5 Å².